The Kier molecular flexibility index (Phi) is 5.74. The molecule has 1 aromatic carbocycles. The average molecular weight is 385 g/mol. The van der Waals surface area contributed by atoms with E-state index in [-0.39, 0.29) is 11.3 Å². The van der Waals surface area contributed by atoms with Crippen LogP contribution in [0.25, 0.3) is 10.2 Å². The highest BCUT2D eigenvalue weighted by atomic mass is 32.2. The van der Waals surface area contributed by atoms with E-state index in [1.165, 1.54) is 23.1 Å². The number of hydrogen-bond donors (Lipinski definition) is 0. The summed E-state index contributed by atoms with van der Waals surface area (Å²) in [6, 6.07) is 11.5. The van der Waals surface area contributed by atoms with Crippen LogP contribution in [0.3, 0.4) is 0 Å². The first-order chi connectivity index (χ1) is 12.5. The van der Waals surface area contributed by atoms with Crippen molar-refractivity contribution in [3.8, 4) is 0 Å². The van der Waals surface area contributed by atoms with Gasteiger partial charge in [0, 0.05) is 11.4 Å². The third kappa shape index (κ3) is 3.66. The van der Waals surface area contributed by atoms with Crippen LogP contribution >= 0.6 is 23.1 Å². The number of Topliss-reactive ketones (excluding diaryl/α,β-unsaturated/α-hetero) is 1. The first-order valence-corrected chi connectivity index (χ1v) is 10.1. The lowest BCUT2D eigenvalue weighted by Crippen LogP contribution is -2.23. The van der Waals surface area contributed by atoms with E-state index >= 15 is 0 Å². The zero-order valence-corrected chi connectivity index (χ0v) is 16.4. The second-order valence-corrected chi connectivity index (χ2v) is 8.09. The molecule has 0 aliphatic carbocycles. The fourth-order valence-corrected chi connectivity index (χ4v) is 4.83. The van der Waals surface area contributed by atoms with Crippen molar-refractivity contribution in [1.29, 1.82) is 0 Å². The van der Waals surface area contributed by atoms with Crippen molar-refractivity contribution in [2.75, 3.05) is 0 Å². The van der Waals surface area contributed by atoms with E-state index < -0.39 is 5.25 Å². The number of aryl methyl sites for hydroxylation is 1. The monoisotopic (exact) mass is 384 g/mol. The number of carbonyl (C=O) groups excluding carboxylic acids is 1. The van der Waals surface area contributed by atoms with Crippen molar-refractivity contribution >= 4 is 39.1 Å². The van der Waals surface area contributed by atoms with E-state index in [4.69, 9.17) is 4.98 Å². The predicted octanol–water partition coefficient (Wildman–Crippen LogP) is 4.63. The molecule has 3 rings (SSSR count). The molecule has 0 unspecified atom stereocenters. The van der Waals surface area contributed by atoms with E-state index in [1.807, 2.05) is 36.4 Å². The zero-order valence-electron chi connectivity index (χ0n) is 14.8. The molecule has 0 aliphatic rings. The number of benzene rings is 1. The molecule has 2 heterocycles. The third-order valence-electron chi connectivity index (χ3n) is 4.02. The number of thioether (sulfide) groups is 1. The second-order valence-electron chi connectivity index (χ2n) is 5.90. The Labute approximate surface area is 160 Å². The van der Waals surface area contributed by atoms with Gasteiger partial charge in [-0.1, -0.05) is 55.1 Å². The predicted molar refractivity (Wildman–Crippen MR) is 109 cm³/mol. The Morgan fingerprint density at radius 2 is 2.12 bits per heavy atom. The molecule has 0 bridgehead atoms. The molecule has 0 amide bonds. The normalized spacial score (nSPS) is 12.2. The van der Waals surface area contributed by atoms with Crippen LogP contribution in [-0.4, -0.2) is 15.3 Å². The maximum atomic E-state index is 12.9. The van der Waals surface area contributed by atoms with Crippen LogP contribution in [0.2, 0.25) is 0 Å². The van der Waals surface area contributed by atoms with Gasteiger partial charge in [-0.25, -0.2) is 4.98 Å². The molecule has 0 fully saturated rings. The Balaban J connectivity index is 2.12. The molecule has 134 valence electrons. The lowest BCUT2D eigenvalue weighted by Gasteiger charge is -2.16. The largest absolute Gasteiger partial charge is 0.298 e. The van der Waals surface area contributed by atoms with Gasteiger partial charge in [0.1, 0.15) is 10.6 Å². The first-order valence-electron chi connectivity index (χ1n) is 8.41. The topological polar surface area (TPSA) is 52.0 Å². The highest BCUT2D eigenvalue weighted by molar-refractivity contribution is 8.00. The number of aromatic nitrogens is 2. The van der Waals surface area contributed by atoms with E-state index in [1.54, 1.807) is 17.6 Å². The highest BCUT2D eigenvalue weighted by Crippen LogP contribution is 2.36. The Hall–Kier alpha value is -2.18. The molecule has 3 aromatic rings. The van der Waals surface area contributed by atoms with Crippen molar-refractivity contribution in [2.45, 2.75) is 37.2 Å². The molecule has 1 atom stereocenters. The number of fused-ring (bicyclic) bond motifs is 1. The van der Waals surface area contributed by atoms with Gasteiger partial charge >= 0.3 is 0 Å². The van der Waals surface area contributed by atoms with Crippen molar-refractivity contribution < 1.29 is 4.79 Å². The van der Waals surface area contributed by atoms with E-state index in [2.05, 4.69) is 13.5 Å². The molecule has 0 radical (unpaired) electrons. The van der Waals surface area contributed by atoms with E-state index in [0.717, 1.165) is 21.7 Å². The van der Waals surface area contributed by atoms with Crippen LogP contribution in [0.1, 0.15) is 29.5 Å². The second kappa shape index (κ2) is 8.01. The fourth-order valence-electron chi connectivity index (χ4n) is 2.72. The molecular weight excluding hydrogens is 364 g/mol. The smallest absolute Gasteiger partial charge is 0.263 e. The SMILES string of the molecule is C=CCn1c(S[C@@H](C(C)=O)c2ccccc2)nc2sc(CC)cc2c1=O. The highest BCUT2D eigenvalue weighted by Gasteiger charge is 2.22. The minimum Gasteiger partial charge on any atom is -0.298 e. The summed E-state index contributed by atoms with van der Waals surface area (Å²) >= 11 is 2.86. The fraction of sp³-hybridized carbons (Fsp3) is 0.250. The third-order valence-corrected chi connectivity index (χ3v) is 6.56. The van der Waals surface area contributed by atoms with Gasteiger partial charge in [-0.15, -0.1) is 17.9 Å². The van der Waals surface area contributed by atoms with Crippen molar-refractivity contribution in [2.24, 2.45) is 0 Å². The maximum Gasteiger partial charge on any atom is 0.263 e. The van der Waals surface area contributed by atoms with E-state index in [0.29, 0.717) is 17.1 Å². The average Bonchev–Trinajstić information content (AvgIpc) is 3.06. The summed E-state index contributed by atoms with van der Waals surface area (Å²) < 4.78 is 1.60. The zero-order chi connectivity index (χ0) is 18.7. The summed E-state index contributed by atoms with van der Waals surface area (Å²) in [6.07, 6.45) is 2.54. The molecule has 26 heavy (non-hydrogen) atoms. The van der Waals surface area contributed by atoms with Crippen LogP contribution in [0.15, 0.2) is 59.0 Å². The molecule has 6 heteroatoms. The van der Waals surface area contributed by atoms with Crippen LogP contribution < -0.4 is 5.56 Å². The van der Waals surface area contributed by atoms with Crippen molar-refractivity contribution in [1.82, 2.24) is 9.55 Å². The van der Waals surface area contributed by atoms with Gasteiger partial charge < -0.3 is 0 Å². The molecule has 2 aromatic heterocycles. The minimum atomic E-state index is -0.401. The lowest BCUT2D eigenvalue weighted by atomic mass is 10.1. The van der Waals surface area contributed by atoms with Gasteiger partial charge in [-0.2, -0.15) is 0 Å². The van der Waals surface area contributed by atoms with Gasteiger partial charge in [0.15, 0.2) is 5.16 Å². The molecule has 0 spiro atoms. The molecule has 4 nitrogen and oxygen atoms in total. The van der Waals surface area contributed by atoms with Crippen molar-refractivity contribution in [3.63, 3.8) is 0 Å². The van der Waals surface area contributed by atoms with Gasteiger partial charge in [-0.05, 0) is 25.0 Å². The number of thiophene rings is 1. The first kappa shape index (κ1) is 18.6. The summed E-state index contributed by atoms with van der Waals surface area (Å²) in [4.78, 5) is 31.8. The summed E-state index contributed by atoms with van der Waals surface area (Å²) in [5.41, 5.74) is 0.827. The van der Waals surface area contributed by atoms with Gasteiger partial charge in [0.05, 0.1) is 10.6 Å². The summed E-state index contributed by atoms with van der Waals surface area (Å²) in [5.74, 6) is 0.0288. The summed E-state index contributed by atoms with van der Waals surface area (Å²) in [6.45, 7) is 7.74. The van der Waals surface area contributed by atoms with Crippen LogP contribution in [-0.2, 0) is 17.8 Å². The van der Waals surface area contributed by atoms with Crippen LogP contribution in [0.4, 0.5) is 0 Å². The van der Waals surface area contributed by atoms with Crippen molar-refractivity contribution in [3.05, 3.63) is 69.8 Å². The van der Waals surface area contributed by atoms with Crippen LogP contribution in [0.5, 0.6) is 0 Å². The standard InChI is InChI=1S/C20H20N2O2S2/c1-4-11-22-19(24)16-12-15(5-2)25-18(16)21-20(22)26-17(13(3)23)14-9-7-6-8-10-14/h4,6-10,12,17H,1,5,11H2,2-3H3/t17-/m0/s1. The number of allylic oxidation sites excluding steroid dienone is 1. The van der Waals surface area contributed by atoms with E-state index in [9.17, 15) is 9.59 Å². The Bertz CT molecular complexity index is 1010. The van der Waals surface area contributed by atoms with Gasteiger partial charge in [-0.3, -0.25) is 14.2 Å². The Morgan fingerprint density at radius 3 is 2.73 bits per heavy atom. The lowest BCUT2D eigenvalue weighted by molar-refractivity contribution is -0.116. The summed E-state index contributed by atoms with van der Waals surface area (Å²) in [7, 11) is 0. The molecule has 0 N–H and O–H groups in total. The number of ketones is 1. The van der Waals surface area contributed by atoms with Crippen LogP contribution in [0, 0.1) is 0 Å². The molecule has 0 saturated heterocycles. The van der Waals surface area contributed by atoms with Gasteiger partial charge in [0.2, 0.25) is 0 Å². The number of rotatable bonds is 7. The molecule has 0 aliphatic heterocycles. The summed E-state index contributed by atoms with van der Waals surface area (Å²) in [5, 5.41) is 0.787. The maximum absolute atomic E-state index is 12.9. The van der Waals surface area contributed by atoms with Gasteiger partial charge in [0.25, 0.3) is 5.56 Å². The Morgan fingerprint density at radius 1 is 1.38 bits per heavy atom. The number of carbonyl (C=O) groups is 1. The number of hydrogen-bond acceptors (Lipinski definition) is 5. The number of nitrogens with zero attached hydrogens (tertiary/aromatic N) is 2. The molecule has 0 saturated carbocycles. The molecular formula is C20H20N2O2S2. The minimum absolute atomic E-state index is 0.0288. The quantitative estimate of drug-likeness (QED) is 0.339.